The Morgan fingerprint density at radius 2 is 0.658 bits per heavy atom. The molecule has 0 heterocycles. The van der Waals surface area contributed by atoms with Gasteiger partial charge in [0.1, 0.15) is 0 Å². The summed E-state index contributed by atoms with van der Waals surface area (Å²) in [7, 11) is 18.2. The van der Waals surface area contributed by atoms with Gasteiger partial charge in [0.25, 0.3) is 0 Å². The van der Waals surface area contributed by atoms with E-state index < -0.39 is 0 Å². The summed E-state index contributed by atoms with van der Waals surface area (Å²) in [4.78, 5) is 0. The van der Waals surface area contributed by atoms with E-state index in [4.69, 9.17) is 0 Å². The maximum absolute atomic E-state index is 2.32. The topological polar surface area (TPSA) is 0 Å². The fraction of sp³-hybridized carbons (Fsp3) is 1.00. The third kappa shape index (κ3) is 58.7. The van der Waals surface area contributed by atoms with E-state index in [2.05, 4.69) is 84.1 Å². The SMILES string of the molecule is C.C.C.C.C.C.CC[N+](C)(C)CCC[N+](C)(C)C.CC[N+](CC)(CC)CCC[N+](C)(C)C.[Br-].[Br-].[Cl-].[Cl-].[U].[W]. The Labute approximate surface area is 319 Å². The maximum atomic E-state index is 2.32. The summed E-state index contributed by atoms with van der Waals surface area (Å²) in [5.41, 5.74) is 0. The zero-order valence-corrected chi connectivity index (χ0v) is 35.1. The fourth-order valence-corrected chi connectivity index (χ4v) is 3.16. The molecule has 0 radical (unpaired) electrons. The van der Waals surface area contributed by atoms with Gasteiger partial charge in [-0.1, -0.05) is 44.6 Å². The van der Waals surface area contributed by atoms with Crippen molar-refractivity contribution in [3.8, 4) is 0 Å². The quantitative estimate of drug-likeness (QED) is 0.172. The van der Waals surface area contributed by atoms with Crippen LogP contribution < -0.4 is 58.8 Å². The van der Waals surface area contributed by atoms with Crippen LogP contribution in [0.5, 0.6) is 0 Å². The van der Waals surface area contributed by atoms with Gasteiger partial charge < -0.3 is 76.7 Å². The zero-order valence-electron chi connectivity index (χ0n) is 23.3. The van der Waals surface area contributed by atoms with Gasteiger partial charge in [-0.2, -0.15) is 0 Å². The number of hydrogen-bond donors (Lipinski definition) is 0. The van der Waals surface area contributed by atoms with E-state index in [1.807, 2.05) is 0 Å². The molecule has 4 nitrogen and oxygen atoms in total. The number of nitrogens with zero attached hydrogens (tertiary/aromatic N) is 4. The van der Waals surface area contributed by atoms with Crippen molar-refractivity contribution in [3.63, 3.8) is 0 Å². The molecule has 0 aliphatic heterocycles. The van der Waals surface area contributed by atoms with Crippen LogP contribution >= 0.6 is 0 Å². The molecule has 0 aromatic heterocycles. The minimum absolute atomic E-state index is 0. The first-order valence-electron chi connectivity index (χ1n) is 10.9. The molecule has 0 aromatic carbocycles. The molecule has 250 valence electrons. The summed E-state index contributed by atoms with van der Waals surface area (Å²) in [5, 5.41) is 0. The van der Waals surface area contributed by atoms with Crippen LogP contribution in [-0.4, -0.2) is 127 Å². The van der Waals surface area contributed by atoms with Crippen LogP contribution in [0.2, 0.25) is 0 Å². The summed E-state index contributed by atoms with van der Waals surface area (Å²) in [6.07, 6.45) is 2.67. The van der Waals surface area contributed by atoms with Gasteiger partial charge in [0.05, 0.1) is 109 Å². The van der Waals surface area contributed by atoms with Crippen molar-refractivity contribution in [3.05, 3.63) is 0 Å². The molecule has 0 rings (SSSR count). The Bertz CT molecular complexity index is 361. The van der Waals surface area contributed by atoms with Gasteiger partial charge in [0.2, 0.25) is 0 Å². The van der Waals surface area contributed by atoms with Crippen LogP contribution in [0.4, 0.5) is 0 Å². The molecule has 0 aliphatic carbocycles. The Hall–Kier alpha value is 3.12. The minimum atomic E-state index is 0. The monoisotopic (exact) mass is 1120 g/mol. The van der Waals surface area contributed by atoms with Gasteiger partial charge in [0, 0.05) is 65.0 Å². The largest absolute Gasteiger partial charge is 1.00 e. The molecule has 0 atom stereocenters. The third-order valence-corrected chi connectivity index (χ3v) is 5.92. The van der Waals surface area contributed by atoms with Crippen LogP contribution in [0.1, 0.15) is 85.1 Å². The molecule has 0 fully saturated rings. The van der Waals surface area contributed by atoms with E-state index in [-0.39, 0.29) is 156 Å². The standard InChI is InChI=1S/C12H30N2.C10H26N2.6CH4.2BrH.2ClH.U.W/c1-7-14(8-2,9-3)12-10-11-13(4,5)6;1-7-12(5,6)10-8-9-11(2,3)4;;;;;;;;;;;;/h7-12H2,1-6H3;7-10H2,1-6H3;6*1H4;4*1H;;/q2*+2;;;;;;;;;;;;/p-4. The first-order chi connectivity index (χ1) is 11.7. The van der Waals surface area contributed by atoms with Crippen LogP contribution in [0.3, 0.4) is 0 Å². The van der Waals surface area contributed by atoms with Crippen molar-refractivity contribution in [1.82, 2.24) is 0 Å². The predicted octanol–water partition coefficient (Wildman–Crippen LogP) is -5.03. The first-order valence-corrected chi connectivity index (χ1v) is 10.9. The van der Waals surface area contributed by atoms with Gasteiger partial charge in [0.15, 0.2) is 0 Å². The summed E-state index contributed by atoms with van der Waals surface area (Å²) >= 11 is 0. The molecule has 0 N–H and O–H groups in total. The number of hydrogen-bond acceptors (Lipinski definition) is 0. The molecule has 38 heavy (non-hydrogen) atoms. The minimum Gasteiger partial charge on any atom is -1.00 e. The molecule has 0 aliphatic rings. The van der Waals surface area contributed by atoms with Crippen molar-refractivity contribution in [2.24, 2.45) is 0 Å². The molecule has 0 amide bonds. The van der Waals surface area contributed by atoms with Crippen molar-refractivity contribution >= 4 is 0 Å². The van der Waals surface area contributed by atoms with E-state index >= 15 is 0 Å². The van der Waals surface area contributed by atoms with Gasteiger partial charge in [-0.05, 0) is 27.7 Å². The van der Waals surface area contributed by atoms with E-state index in [0.29, 0.717) is 0 Å². The molecule has 0 spiro atoms. The van der Waals surface area contributed by atoms with Gasteiger partial charge >= 0.3 is 0 Å². The van der Waals surface area contributed by atoms with Crippen molar-refractivity contribution in [2.45, 2.75) is 85.1 Å². The second-order valence-electron chi connectivity index (χ2n) is 10.7. The smallest absolute Gasteiger partial charge is 0.0840 e. The average Bonchev–Trinajstić information content (AvgIpc) is 2.50. The number of rotatable bonds is 12. The van der Waals surface area contributed by atoms with E-state index in [1.165, 1.54) is 69.7 Å². The normalized spacial score (nSPS) is 9.16. The van der Waals surface area contributed by atoms with Gasteiger partial charge in [-0.15, -0.1) is 0 Å². The Morgan fingerprint density at radius 1 is 0.421 bits per heavy atom. The Kier molecular flexibility index (Phi) is 106. The van der Waals surface area contributed by atoms with Gasteiger partial charge in [-0.3, -0.25) is 0 Å². The molecular formula is C28H80Br2Cl2N4UW. The van der Waals surface area contributed by atoms with E-state index in [9.17, 15) is 0 Å². The molecule has 0 saturated heterocycles. The zero-order chi connectivity index (χ0) is 21.1. The predicted molar refractivity (Wildman–Crippen MR) is 160 cm³/mol. The molecule has 10 heteroatoms. The second kappa shape index (κ2) is 44.6. The summed E-state index contributed by atoms with van der Waals surface area (Å²) in [5.74, 6) is 0. The number of quaternary nitrogens is 4. The molecule has 0 saturated carbocycles. The average molecular weight is 1130 g/mol. The van der Waals surface area contributed by atoms with Crippen molar-refractivity contribution in [2.75, 3.05) is 109 Å². The summed E-state index contributed by atoms with van der Waals surface area (Å²) in [6, 6.07) is 0. The second-order valence-corrected chi connectivity index (χ2v) is 10.7. The van der Waals surface area contributed by atoms with E-state index in [1.54, 1.807) is 0 Å². The molecule has 0 aromatic rings. The van der Waals surface area contributed by atoms with Crippen molar-refractivity contribution < 1.29 is 129 Å². The van der Waals surface area contributed by atoms with E-state index in [0.717, 1.165) is 13.4 Å². The molecular weight excluding hydrogens is 1040 g/mol. The van der Waals surface area contributed by atoms with Crippen LogP contribution in [0.25, 0.3) is 0 Å². The maximum Gasteiger partial charge on any atom is 0.0840 e. The third-order valence-electron chi connectivity index (χ3n) is 5.92. The first kappa shape index (κ1) is 90.0. The summed E-state index contributed by atoms with van der Waals surface area (Å²) in [6.45, 7) is 19.5. The van der Waals surface area contributed by atoms with Crippen LogP contribution in [0, 0.1) is 31.1 Å². The Morgan fingerprint density at radius 3 is 0.842 bits per heavy atom. The van der Waals surface area contributed by atoms with Crippen LogP contribution in [0.15, 0.2) is 0 Å². The molecule has 0 bridgehead atoms. The number of halogens is 4. The Balaban J connectivity index is -0.0000000193. The van der Waals surface area contributed by atoms with Gasteiger partial charge in [-0.25, -0.2) is 0 Å². The van der Waals surface area contributed by atoms with Crippen LogP contribution in [-0.2, 0) is 21.1 Å². The van der Waals surface area contributed by atoms with Crippen molar-refractivity contribution in [1.29, 1.82) is 0 Å². The summed E-state index contributed by atoms with van der Waals surface area (Å²) < 4.78 is 4.63. The fourth-order valence-electron chi connectivity index (χ4n) is 3.16. The molecule has 0 unspecified atom stereocenters.